The highest BCUT2D eigenvalue weighted by atomic mass is 35.5. The first-order valence-electron chi connectivity index (χ1n) is 5.40. The van der Waals surface area contributed by atoms with E-state index in [4.69, 9.17) is 11.6 Å². The maximum absolute atomic E-state index is 11.8. The maximum atomic E-state index is 11.8. The molecule has 0 unspecified atom stereocenters. The standard InChI is InChI=1S/C14H8ClNOS/c15-9-6-7-11-12(8-9)14(17)18-13(11)16-10-4-2-1-3-5-10/h1-8H. The van der Waals surface area contributed by atoms with Crippen LogP contribution in [0, 0.1) is 0 Å². The monoisotopic (exact) mass is 273 g/mol. The van der Waals surface area contributed by atoms with Crippen molar-refractivity contribution in [1.82, 2.24) is 0 Å². The second-order valence-corrected chi connectivity index (χ2v) is 5.23. The minimum atomic E-state index is 0.00202. The van der Waals surface area contributed by atoms with Gasteiger partial charge in [0.25, 0.3) is 0 Å². The summed E-state index contributed by atoms with van der Waals surface area (Å²) >= 11 is 7.05. The lowest BCUT2D eigenvalue weighted by molar-refractivity contribution is 0.109. The Morgan fingerprint density at radius 2 is 1.78 bits per heavy atom. The van der Waals surface area contributed by atoms with Crippen LogP contribution in [0.5, 0.6) is 0 Å². The number of hydrogen-bond donors (Lipinski definition) is 0. The number of thioether (sulfide) groups is 1. The molecule has 0 bridgehead atoms. The van der Waals surface area contributed by atoms with Crippen LogP contribution in [-0.2, 0) is 0 Å². The molecule has 0 saturated carbocycles. The van der Waals surface area contributed by atoms with E-state index in [1.807, 2.05) is 36.4 Å². The molecule has 18 heavy (non-hydrogen) atoms. The summed E-state index contributed by atoms with van der Waals surface area (Å²) in [6.07, 6.45) is 0. The molecule has 3 rings (SSSR count). The molecule has 0 aromatic heterocycles. The van der Waals surface area contributed by atoms with Gasteiger partial charge in [-0.2, -0.15) is 0 Å². The number of benzene rings is 2. The van der Waals surface area contributed by atoms with Crippen LogP contribution in [0.1, 0.15) is 15.9 Å². The van der Waals surface area contributed by atoms with Gasteiger partial charge in [0.1, 0.15) is 5.04 Å². The van der Waals surface area contributed by atoms with Gasteiger partial charge in [0.05, 0.1) is 5.69 Å². The van der Waals surface area contributed by atoms with Crippen LogP contribution in [0.15, 0.2) is 53.5 Å². The summed E-state index contributed by atoms with van der Waals surface area (Å²) in [5.74, 6) is 0. The fourth-order valence-electron chi connectivity index (χ4n) is 1.77. The summed E-state index contributed by atoms with van der Waals surface area (Å²) in [4.78, 5) is 16.3. The van der Waals surface area contributed by atoms with Crippen LogP contribution in [-0.4, -0.2) is 10.2 Å². The first-order valence-corrected chi connectivity index (χ1v) is 6.59. The van der Waals surface area contributed by atoms with Gasteiger partial charge >= 0.3 is 0 Å². The molecule has 1 heterocycles. The maximum Gasteiger partial charge on any atom is 0.226 e. The van der Waals surface area contributed by atoms with Crippen molar-refractivity contribution in [3.63, 3.8) is 0 Å². The zero-order valence-corrected chi connectivity index (χ0v) is 10.8. The van der Waals surface area contributed by atoms with E-state index in [2.05, 4.69) is 4.99 Å². The molecule has 2 aromatic rings. The molecule has 0 atom stereocenters. The highest BCUT2D eigenvalue weighted by Gasteiger charge is 2.26. The van der Waals surface area contributed by atoms with Gasteiger partial charge in [0, 0.05) is 16.1 Å². The molecule has 0 amide bonds. The lowest BCUT2D eigenvalue weighted by atomic mass is 10.1. The molecule has 0 N–H and O–H groups in total. The summed E-state index contributed by atoms with van der Waals surface area (Å²) in [5.41, 5.74) is 2.34. The second-order valence-electron chi connectivity index (χ2n) is 3.83. The van der Waals surface area contributed by atoms with Crippen molar-refractivity contribution >= 4 is 39.2 Å². The summed E-state index contributed by atoms with van der Waals surface area (Å²) in [6.45, 7) is 0. The average molecular weight is 274 g/mol. The normalized spacial score (nSPS) is 16.1. The van der Waals surface area contributed by atoms with E-state index in [9.17, 15) is 4.79 Å². The van der Waals surface area contributed by atoms with Crippen LogP contribution in [0.3, 0.4) is 0 Å². The molecule has 1 aliphatic heterocycles. The minimum absolute atomic E-state index is 0.00202. The largest absolute Gasteiger partial charge is 0.281 e. The van der Waals surface area contributed by atoms with Crippen molar-refractivity contribution in [2.24, 2.45) is 4.99 Å². The summed E-state index contributed by atoms with van der Waals surface area (Å²) in [5, 5.41) is 1.31. The number of aliphatic imine (C=N–C) groups is 1. The van der Waals surface area contributed by atoms with Crippen molar-refractivity contribution in [1.29, 1.82) is 0 Å². The number of carbonyl (C=O) groups excluding carboxylic acids is 1. The molecule has 0 aliphatic carbocycles. The first kappa shape index (κ1) is 11.5. The van der Waals surface area contributed by atoms with E-state index in [-0.39, 0.29) is 5.12 Å². The SMILES string of the molecule is O=C1SC(=Nc2ccccc2)c2ccc(Cl)cc21. The highest BCUT2D eigenvalue weighted by molar-refractivity contribution is 8.27. The smallest absolute Gasteiger partial charge is 0.226 e. The van der Waals surface area contributed by atoms with Crippen LogP contribution in [0.2, 0.25) is 5.02 Å². The molecular weight excluding hydrogens is 266 g/mol. The van der Waals surface area contributed by atoms with E-state index in [1.165, 1.54) is 0 Å². The van der Waals surface area contributed by atoms with Crippen molar-refractivity contribution in [2.75, 3.05) is 0 Å². The number of carbonyl (C=O) groups is 1. The van der Waals surface area contributed by atoms with E-state index in [1.54, 1.807) is 12.1 Å². The number of fused-ring (bicyclic) bond motifs is 1. The third-order valence-electron chi connectivity index (χ3n) is 2.61. The predicted octanol–water partition coefficient (Wildman–Crippen LogP) is 4.31. The number of hydrogen-bond acceptors (Lipinski definition) is 3. The lowest BCUT2D eigenvalue weighted by Gasteiger charge is -1.98. The zero-order valence-electron chi connectivity index (χ0n) is 9.26. The second kappa shape index (κ2) is 4.59. The molecule has 2 nitrogen and oxygen atoms in total. The fourth-order valence-corrected chi connectivity index (χ4v) is 2.84. The van der Waals surface area contributed by atoms with Gasteiger partial charge < -0.3 is 0 Å². The Kier molecular flexibility index (Phi) is 2.94. The van der Waals surface area contributed by atoms with Gasteiger partial charge in [-0.25, -0.2) is 4.99 Å². The summed E-state index contributed by atoms with van der Waals surface area (Å²) in [6, 6.07) is 14.9. The summed E-state index contributed by atoms with van der Waals surface area (Å²) < 4.78 is 0. The molecule has 4 heteroatoms. The van der Waals surface area contributed by atoms with Gasteiger partial charge in [-0.1, -0.05) is 35.9 Å². The molecule has 2 aromatic carbocycles. The minimum Gasteiger partial charge on any atom is -0.281 e. The topological polar surface area (TPSA) is 29.4 Å². The van der Waals surface area contributed by atoms with Crippen molar-refractivity contribution in [3.8, 4) is 0 Å². The first-order chi connectivity index (χ1) is 8.74. The Balaban J connectivity index is 2.08. The quantitative estimate of drug-likeness (QED) is 0.775. The Hall–Kier alpha value is -1.58. The molecule has 88 valence electrons. The van der Waals surface area contributed by atoms with Crippen molar-refractivity contribution in [3.05, 3.63) is 64.7 Å². The van der Waals surface area contributed by atoms with Gasteiger partial charge in [0.15, 0.2) is 0 Å². The van der Waals surface area contributed by atoms with Crippen LogP contribution >= 0.6 is 23.4 Å². The van der Waals surface area contributed by atoms with Gasteiger partial charge in [0.2, 0.25) is 5.12 Å². The Bertz CT molecular complexity index is 652. The van der Waals surface area contributed by atoms with Crippen LogP contribution in [0.4, 0.5) is 5.69 Å². The van der Waals surface area contributed by atoms with Gasteiger partial charge in [-0.15, -0.1) is 0 Å². The average Bonchev–Trinajstić information content (AvgIpc) is 2.67. The highest BCUT2D eigenvalue weighted by Crippen LogP contribution is 2.33. The van der Waals surface area contributed by atoms with E-state index >= 15 is 0 Å². The Morgan fingerprint density at radius 1 is 1.00 bits per heavy atom. The van der Waals surface area contributed by atoms with E-state index < -0.39 is 0 Å². The lowest BCUT2D eigenvalue weighted by Crippen LogP contribution is -1.90. The van der Waals surface area contributed by atoms with Gasteiger partial charge in [-0.05, 0) is 36.0 Å². The number of nitrogens with zero attached hydrogens (tertiary/aromatic N) is 1. The van der Waals surface area contributed by atoms with Crippen molar-refractivity contribution in [2.45, 2.75) is 0 Å². The zero-order chi connectivity index (χ0) is 12.5. The molecule has 0 fully saturated rings. The van der Waals surface area contributed by atoms with Crippen LogP contribution in [0.25, 0.3) is 0 Å². The predicted molar refractivity (Wildman–Crippen MR) is 76.0 cm³/mol. The fraction of sp³-hybridized carbons (Fsp3) is 0. The Morgan fingerprint density at radius 3 is 2.56 bits per heavy atom. The number of halogens is 1. The molecule has 0 spiro atoms. The van der Waals surface area contributed by atoms with Crippen LogP contribution < -0.4 is 0 Å². The number of rotatable bonds is 1. The number of para-hydroxylation sites is 1. The molecular formula is C14H8ClNOS. The van der Waals surface area contributed by atoms with E-state index in [0.717, 1.165) is 28.1 Å². The third-order valence-corrected chi connectivity index (χ3v) is 3.75. The van der Waals surface area contributed by atoms with Gasteiger partial charge in [-0.3, -0.25) is 4.79 Å². The molecule has 1 aliphatic rings. The van der Waals surface area contributed by atoms with E-state index in [0.29, 0.717) is 10.6 Å². The van der Waals surface area contributed by atoms with Crippen molar-refractivity contribution < 1.29 is 4.79 Å². The molecule has 0 saturated heterocycles. The summed E-state index contributed by atoms with van der Waals surface area (Å²) in [7, 11) is 0. The Labute approximate surface area is 114 Å². The molecule has 0 radical (unpaired) electrons. The third kappa shape index (κ3) is 2.07.